The van der Waals surface area contributed by atoms with Crippen LogP contribution in [0.3, 0.4) is 0 Å². The van der Waals surface area contributed by atoms with Crippen LogP contribution in [0.25, 0.3) is 0 Å². The largest absolute Gasteiger partial charge is 0.478 e. The van der Waals surface area contributed by atoms with Gasteiger partial charge in [-0.2, -0.15) is 0 Å². The average molecular weight is 258 g/mol. The molecular weight excluding hydrogens is 244 g/mol. The number of aryl methyl sites for hydroxylation is 2. The minimum Gasteiger partial charge on any atom is -0.478 e. The summed E-state index contributed by atoms with van der Waals surface area (Å²) in [5, 5.41) is 11.9. The van der Waals surface area contributed by atoms with Crippen LogP contribution < -0.4 is 10.9 Å². The van der Waals surface area contributed by atoms with Crippen LogP contribution in [0.4, 0.5) is 11.5 Å². The Morgan fingerprint density at radius 1 is 1.21 bits per heavy atom. The standard InChI is InChI=1S/C14H14N2O3/c1-8-3-4-11(9(2)5-8)15-12-6-10(14(18)19)7-13(17)16-12/h3-7H,1-2H3,(H,18,19)(H2,15,16,17). The van der Waals surface area contributed by atoms with E-state index in [1.54, 1.807) is 0 Å². The molecule has 0 spiro atoms. The quantitative estimate of drug-likeness (QED) is 0.789. The summed E-state index contributed by atoms with van der Waals surface area (Å²) in [4.78, 5) is 24.8. The molecule has 0 aliphatic heterocycles. The number of H-pyrrole nitrogens is 1. The lowest BCUT2D eigenvalue weighted by atomic mass is 10.1. The smallest absolute Gasteiger partial charge is 0.336 e. The fourth-order valence-corrected chi connectivity index (χ4v) is 1.83. The van der Waals surface area contributed by atoms with Gasteiger partial charge in [-0.05, 0) is 31.5 Å². The number of aromatic carboxylic acids is 1. The molecule has 0 amide bonds. The van der Waals surface area contributed by atoms with Gasteiger partial charge < -0.3 is 15.4 Å². The maximum Gasteiger partial charge on any atom is 0.336 e. The van der Waals surface area contributed by atoms with Crippen molar-refractivity contribution in [3.63, 3.8) is 0 Å². The number of hydrogen-bond acceptors (Lipinski definition) is 3. The van der Waals surface area contributed by atoms with Crippen molar-refractivity contribution in [2.24, 2.45) is 0 Å². The van der Waals surface area contributed by atoms with E-state index < -0.39 is 11.5 Å². The lowest BCUT2D eigenvalue weighted by Gasteiger charge is -2.10. The molecule has 2 aromatic rings. The van der Waals surface area contributed by atoms with Crippen molar-refractivity contribution in [3.05, 3.63) is 57.4 Å². The first-order valence-electron chi connectivity index (χ1n) is 5.77. The zero-order chi connectivity index (χ0) is 14.0. The number of aromatic amines is 1. The molecule has 0 aliphatic carbocycles. The van der Waals surface area contributed by atoms with Crippen molar-refractivity contribution >= 4 is 17.5 Å². The van der Waals surface area contributed by atoms with E-state index in [2.05, 4.69) is 10.3 Å². The van der Waals surface area contributed by atoms with Gasteiger partial charge in [-0.1, -0.05) is 17.7 Å². The molecule has 1 aromatic carbocycles. The molecule has 0 bridgehead atoms. The van der Waals surface area contributed by atoms with Crippen LogP contribution in [0.1, 0.15) is 21.5 Å². The van der Waals surface area contributed by atoms with Crippen LogP contribution in [-0.4, -0.2) is 16.1 Å². The molecule has 1 aromatic heterocycles. The van der Waals surface area contributed by atoms with Crippen LogP contribution in [-0.2, 0) is 0 Å². The first kappa shape index (κ1) is 12.9. The third-order valence-corrected chi connectivity index (χ3v) is 2.74. The second-order valence-corrected chi connectivity index (χ2v) is 4.40. The van der Waals surface area contributed by atoms with Gasteiger partial charge in [-0.3, -0.25) is 4.79 Å². The Hall–Kier alpha value is -2.56. The van der Waals surface area contributed by atoms with Gasteiger partial charge in [0.15, 0.2) is 0 Å². The third-order valence-electron chi connectivity index (χ3n) is 2.74. The van der Waals surface area contributed by atoms with E-state index in [1.807, 2.05) is 32.0 Å². The van der Waals surface area contributed by atoms with E-state index in [4.69, 9.17) is 5.11 Å². The normalized spacial score (nSPS) is 10.2. The van der Waals surface area contributed by atoms with E-state index >= 15 is 0 Å². The molecule has 0 saturated carbocycles. The van der Waals surface area contributed by atoms with Gasteiger partial charge in [-0.15, -0.1) is 0 Å². The summed E-state index contributed by atoms with van der Waals surface area (Å²) in [5.74, 6) is -0.772. The van der Waals surface area contributed by atoms with Crippen molar-refractivity contribution in [2.45, 2.75) is 13.8 Å². The fourth-order valence-electron chi connectivity index (χ4n) is 1.83. The molecule has 0 fully saturated rings. The van der Waals surface area contributed by atoms with Crippen LogP contribution >= 0.6 is 0 Å². The highest BCUT2D eigenvalue weighted by molar-refractivity contribution is 5.88. The summed E-state index contributed by atoms with van der Waals surface area (Å²) in [7, 11) is 0. The summed E-state index contributed by atoms with van der Waals surface area (Å²) < 4.78 is 0. The van der Waals surface area contributed by atoms with Crippen LogP contribution in [0.15, 0.2) is 35.1 Å². The summed E-state index contributed by atoms with van der Waals surface area (Å²) >= 11 is 0. The van der Waals surface area contributed by atoms with Crippen LogP contribution in [0.5, 0.6) is 0 Å². The summed E-state index contributed by atoms with van der Waals surface area (Å²) in [6, 6.07) is 8.27. The van der Waals surface area contributed by atoms with E-state index in [-0.39, 0.29) is 5.56 Å². The van der Waals surface area contributed by atoms with E-state index in [0.717, 1.165) is 22.9 Å². The number of anilines is 2. The Bertz CT molecular complexity index is 689. The Balaban J connectivity index is 2.38. The van der Waals surface area contributed by atoms with Crippen molar-refractivity contribution in [3.8, 4) is 0 Å². The summed E-state index contributed by atoms with van der Waals surface area (Å²) in [5.41, 5.74) is 2.48. The van der Waals surface area contributed by atoms with Crippen molar-refractivity contribution in [1.29, 1.82) is 0 Å². The molecule has 2 rings (SSSR count). The highest BCUT2D eigenvalue weighted by Gasteiger charge is 2.07. The molecule has 98 valence electrons. The molecule has 1 heterocycles. The fraction of sp³-hybridized carbons (Fsp3) is 0.143. The van der Waals surface area contributed by atoms with Crippen molar-refractivity contribution in [1.82, 2.24) is 4.98 Å². The Morgan fingerprint density at radius 3 is 2.58 bits per heavy atom. The Kier molecular flexibility index (Phi) is 3.37. The highest BCUT2D eigenvalue weighted by Crippen LogP contribution is 2.20. The van der Waals surface area contributed by atoms with Gasteiger partial charge in [0, 0.05) is 11.8 Å². The number of benzene rings is 1. The van der Waals surface area contributed by atoms with Gasteiger partial charge in [0.25, 0.3) is 0 Å². The topological polar surface area (TPSA) is 82.2 Å². The number of pyridine rings is 1. The molecule has 5 heteroatoms. The molecule has 0 atom stereocenters. The van der Waals surface area contributed by atoms with Crippen LogP contribution in [0.2, 0.25) is 0 Å². The maximum atomic E-state index is 11.4. The van der Waals surface area contributed by atoms with Crippen molar-refractivity contribution < 1.29 is 9.90 Å². The summed E-state index contributed by atoms with van der Waals surface area (Å²) in [6.45, 7) is 3.93. The first-order valence-corrected chi connectivity index (χ1v) is 5.77. The highest BCUT2D eigenvalue weighted by atomic mass is 16.4. The lowest BCUT2D eigenvalue weighted by molar-refractivity contribution is 0.0696. The molecule has 0 aliphatic rings. The third kappa shape index (κ3) is 3.01. The number of carbonyl (C=O) groups is 1. The van der Waals surface area contributed by atoms with Crippen LogP contribution in [0, 0.1) is 13.8 Å². The Labute approximate surface area is 109 Å². The van der Waals surface area contributed by atoms with Gasteiger partial charge >= 0.3 is 5.97 Å². The average Bonchev–Trinajstić information content (AvgIpc) is 2.32. The predicted molar refractivity (Wildman–Crippen MR) is 73.2 cm³/mol. The monoisotopic (exact) mass is 258 g/mol. The number of nitrogens with one attached hydrogen (secondary N) is 2. The molecule has 19 heavy (non-hydrogen) atoms. The van der Waals surface area contributed by atoms with E-state index in [0.29, 0.717) is 5.82 Å². The van der Waals surface area contributed by atoms with Gasteiger partial charge in [0.2, 0.25) is 5.56 Å². The zero-order valence-electron chi connectivity index (χ0n) is 10.7. The first-order chi connectivity index (χ1) is 8.95. The van der Waals surface area contributed by atoms with E-state index in [1.165, 1.54) is 6.07 Å². The van der Waals surface area contributed by atoms with Crippen molar-refractivity contribution in [2.75, 3.05) is 5.32 Å². The second-order valence-electron chi connectivity index (χ2n) is 4.40. The minimum atomic E-state index is -1.13. The second kappa shape index (κ2) is 4.97. The lowest BCUT2D eigenvalue weighted by Crippen LogP contribution is -2.11. The van der Waals surface area contributed by atoms with E-state index in [9.17, 15) is 9.59 Å². The van der Waals surface area contributed by atoms with Gasteiger partial charge in [-0.25, -0.2) is 4.79 Å². The molecule has 0 radical (unpaired) electrons. The minimum absolute atomic E-state index is 0.0454. The molecule has 0 unspecified atom stereocenters. The SMILES string of the molecule is Cc1ccc(Nc2cc(C(=O)O)cc(=O)[nH]2)c(C)c1. The maximum absolute atomic E-state index is 11.4. The number of hydrogen-bond donors (Lipinski definition) is 3. The molecular formula is C14H14N2O3. The molecule has 3 N–H and O–H groups in total. The summed E-state index contributed by atoms with van der Waals surface area (Å²) in [6.07, 6.45) is 0. The number of aromatic nitrogens is 1. The molecule has 0 saturated heterocycles. The zero-order valence-corrected chi connectivity index (χ0v) is 10.7. The van der Waals surface area contributed by atoms with Gasteiger partial charge in [0.1, 0.15) is 5.82 Å². The Morgan fingerprint density at radius 2 is 1.95 bits per heavy atom. The molecule has 5 nitrogen and oxygen atoms in total. The number of carboxylic acids is 1. The number of carboxylic acid groups (broad SMARTS) is 1. The van der Waals surface area contributed by atoms with Gasteiger partial charge in [0.05, 0.1) is 5.56 Å². The number of rotatable bonds is 3. The predicted octanol–water partition coefficient (Wildman–Crippen LogP) is 2.43.